The quantitative estimate of drug-likeness (QED) is 0.720. The van der Waals surface area contributed by atoms with E-state index in [1.54, 1.807) is 12.5 Å². The second-order valence-corrected chi connectivity index (χ2v) is 8.68. The van der Waals surface area contributed by atoms with Crippen molar-refractivity contribution in [2.24, 2.45) is 10.9 Å². The number of hydrogen-bond donors (Lipinski definition) is 0. The van der Waals surface area contributed by atoms with Crippen molar-refractivity contribution in [3.63, 3.8) is 0 Å². The zero-order valence-corrected chi connectivity index (χ0v) is 16.4. The summed E-state index contributed by atoms with van der Waals surface area (Å²) in [6, 6.07) is 0.304. The number of thioether (sulfide) groups is 1. The van der Waals surface area contributed by atoms with Gasteiger partial charge in [-0.25, -0.2) is 9.98 Å². The van der Waals surface area contributed by atoms with E-state index in [0.717, 1.165) is 34.0 Å². The van der Waals surface area contributed by atoms with Gasteiger partial charge in [-0.2, -0.15) is 0 Å². The van der Waals surface area contributed by atoms with Gasteiger partial charge in [-0.15, -0.1) is 0 Å². The third-order valence-corrected chi connectivity index (χ3v) is 7.22. The van der Waals surface area contributed by atoms with Crippen molar-refractivity contribution in [3.8, 4) is 0 Å². The highest BCUT2D eigenvalue weighted by atomic mass is 32.2. The molecule has 0 spiro atoms. The van der Waals surface area contributed by atoms with Gasteiger partial charge in [0.2, 0.25) is 0 Å². The first-order chi connectivity index (χ1) is 12.7. The van der Waals surface area contributed by atoms with Gasteiger partial charge in [-0.3, -0.25) is 9.36 Å². The van der Waals surface area contributed by atoms with Crippen molar-refractivity contribution in [2.45, 2.75) is 75.6 Å². The average Bonchev–Trinajstić information content (AvgIpc) is 3.31. The number of rotatable bonds is 3. The summed E-state index contributed by atoms with van der Waals surface area (Å²) in [5.41, 5.74) is 3.39. The molecule has 138 valence electrons. The smallest absolute Gasteiger partial charge is 0.268 e. The molecular formula is C21H27N3OS. The number of hydrogen-bond acceptors (Lipinski definition) is 4. The van der Waals surface area contributed by atoms with Crippen LogP contribution < -0.4 is 5.56 Å². The van der Waals surface area contributed by atoms with E-state index in [2.05, 4.69) is 18.5 Å². The summed E-state index contributed by atoms with van der Waals surface area (Å²) < 4.78 is 1.88. The van der Waals surface area contributed by atoms with Gasteiger partial charge in [0, 0.05) is 17.8 Å². The van der Waals surface area contributed by atoms with Crippen LogP contribution in [0.25, 0.3) is 5.57 Å². The van der Waals surface area contributed by atoms with Gasteiger partial charge in [0.15, 0.2) is 0 Å². The first-order valence-electron chi connectivity index (χ1n) is 9.90. The molecule has 1 aromatic rings. The molecule has 0 amide bonds. The van der Waals surface area contributed by atoms with E-state index in [-0.39, 0.29) is 5.56 Å². The van der Waals surface area contributed by atoms with E-state index in [9.17, 15) is 4.79 Å². The predicted octanol–water partition coefficient (Wildman–Crippen LogP) is 5.36. The summed E-state index contributed by atoms with van der Waals surface area (Å²) in [6.45, 7) is 5.97. The first-order valence-corrected chi connectivity index (χ1v) is 10.7. The number of aromatic nitrogens is 2. The highest BCUT2D eigenvalue weighted by molar-refractivity contribution is 8.15. The average molecular weight is 370 g/mol. The van der Waals surface area contributed by atoms with Crippen LogP contribution in [0.1, 0.15) is 76.4 Å². The summed E-state index contributed by atoms with van der Waals surface area (Å²) in [4.78, 5) is 23.2. The molecule has 0 N–H and O–H groups in total. The van der Waals surface area contributed by atoms with Crippen molar-refractivity contribution < 1.29 is 0 Å². The minimum atomic E-state index is 0.109. The maximum absolute atomic E-state index is 13.2. The number of aliphatic imine (C=N–C) groups is 1. The molecule has 0 bridgehead atoms. The van der Waals surface area contributed by atoms with Crippen molar-refractivity contribution in [1.82, 2.24) is 9.55 Å². The molecule has 26 heavy (non-hydrogen) atoms. The van der Waals surface area contributed by atoms with Crippen LogP contribution in [0.2, 0.25) is 0 Å². The fraction of sp³-hybridized carbons (Fsp3) is 0.571. The fourth-order valence-electron chi connectivity index (χ4n) is 4.68. The molecule has 0 saturated heterocycles. The van der Waals surface area contributed by atoms with E-state index in [0.29, 0.717) is 12.0 Å². The monoisotopic (exact) mass is 369 g/mol. The third-order valence-electron chi connectivity index (χ3n) is 6.14. The van der Waals surface area contributed by atoms with Crippen LogP contribution in [0.15, 0.2) is 39.4 Å². The molecule has 1 aliphatic heterocycles. The van der Waals surface area contributed by atoms with Crippen molar-refractivity contribution >= 4 is 22.4 Å². The SMILES string of the molecule is C=C/N=C1/Sc2c(ncn(C3CCCCC3)c2=O)/C1=C(/C)C1CCCC1. The molecule has 2 aliphatic carbocycles. The van der Waals surface area contributed by atoms with Crippen molar-refractivity contribution in [3.05, 3.63) is 40.7 Å². The number of allylic oxidation sites excluding steroid dienone is 1. The van der Waals surface area contributed by atoms with Crippen LogP contribution in [0.3, 0.4) is 0 Å². The fourth-order valence-corrected chi connectivity index (χ4v) is 5.80. The molecule has 3 aliphatic rings. The lowest BCUT2D eigenvalue weighted by molar-refractivity contribution is 0.341. The molecule has 4 rings (SSSR count). The lowest BCUT2D eigenvalue weighted by atomic mass is 9.93. The highest BCUT2D eigenvalue weighted by Gasteiger charge is 2.33. The molecule has 0 aromatic carbocycles. The van der Waals surface area contributed by atoms with Crippen LogP contribution >= 0.6 is 11.8 Å². The Morgan fingerprint density at radius 1 is 1.23 bits per heavy atom. The summed E-state index contributed by atoms with van der Waals surface area (Å²) in [6.07, 6.45) is 14.3. The second kappa shape index (κ2) is 7.55. The molecule has 0 radical (unpaired) electrons. The summed E-state index contributed by atoms with van der Waals surface area (Å²) in [7, 11) is 0. The largest absolute Gasteiger partial charge is 0.295 e. The predicted molar refractivity (Wildman–Crippen MR) is 109 cm³/mol. The summed E-state index contributed by atoms with van der Waals surface area (Å²) >= 11 is 1.49. The third kappa shape index (κ3) is 3.11. The van der Waals surface area contributed by atoms with Gasteiger partial charge in [0.25, 0.3) is 5.56 Å². The maximum atomic E-state index is 13.2. The zero-order chi connectivity index (χ0) is 18.1. The zero-order valence-electron chi connectivity index (χ0n) is 15.5. The molecule has 5 heteroatoms. The van der Waals surface area contributed by atoms with Crippen LogP contribution in [0.4, 0.5) is 0 Å². The Morgan fingerprint density at radius 3 is 2.62 bits per heavy atom. The van der Waals surface area contributed by atoms with E-state index in [1.165, 1.54) is 62.3 Å². The lowest BCUT2D eigenvalue weighted by Crippen LogP contribution is -2.28. The van der Waals surface area contributed by atoms with Crippen LogP contribution in [-0.2, 0) is 0 Å². The van der Waals surface area contributed by atoms with Crippen LogP contribution in [0.5, 0.6) is 0 Å². The summed E-state index contributed by atoms with van der Waals surface area (Å²) in [5, 5.41) is 0.894. The molecular weight excluding hydrogens is 342 g/mol. The van der Waals surface area contributed by atoms with Gasteiger partial charge in [0.1, 0.15) is 9.94 Å². The molecule has 0 atom stereocenters. The van der Waals surface area contributed by atoms with Gasteiger partial charge < -0.3 is 0 Å². The lowest BCUT2D eigenvalue weighted by Gasteiger charge is -2.23. The van der Waals surface area contributed by atoms with E-state index in [1.807, 2.05) is 4.57 Å². The van der Waals surface area contributed by atoms with E-state index < -0.39 is 0 Å². The minimum Gasteiger partial charge on any atom is -0.295 e. The van der Waals surface area contributed by atoms with Crippen LogP contribution in [-0.4, -0.2) is 14.6 Å². The Kier molecular flexibility index (Phi) is 5.16. The molecule has 2 saturated carbocycles. The molecule has 0 unspecified atom stereocenters. The van der Waals surface area contributed by atoms with E-state index in [4.69, 9.17) is 4.98 Å². The Balaban J connectivity index is 1.80. The van der Waals surface area contributed by atoms with E-state index >= 15 is 0 Å². The van der Waals surface area contributed by atoms with Gasteiger partial charge in [-0.1, -0.05) is 56.0 Å². The first kappa shape index (κ1) is 17.8. The standard InChI is InChI=1S/C21H27N3OS/c1-3-22-20-17(14(2)15-9-7-8-10-15)18-19(26-20)21(25)24(13-23-18)16-11-5-4-6-12-16/h3,13,15-16H,1,4-12H2,2H3/b17-14+,22-20+. The maximum Gasteiger partial charge on any atom is 0.268 e. The Bertz CT molecular complexity index is 824. The topological polar surface area (TPSA) is 47.2 Å². The van der Waals surface area contributed by atoms with Gasteiger partial charge in [-0.05, 0) is 38.5 Å². The molecule has 2 fully saturated rings. The van der Waals surface area contributed by atoms with Gasteiger partial charge in [0.05, 0.1) is 12.0 Å². The normalized spacial score (nSPS) is 24.9. The molecule has 1 aromatic heterocycles. The number of fused-ring (bicyclic) bond motifs is 1. The van der Waals surface area contributed by atoms with Crippen LogP contribution in [0, 0.1) is 5.92 Å². The van der Waals surface area contributed by atoms with Crippen molar-refractivity contribution in [2.75, 3.05) is 0 Å². The number of nitrogens with zero attached hydrogens (tertiary/aromatic N) is 3. The Labute approximate surface area is 159 Å². The molecule has 2 heterocycles. The summed E-state index contributed by atoms with van der Waals surface area (Å²) in [5.74, 6) is 0.592. The Morgan fingerprint density at radius 2 is 1.92 bits per heavy atom. The second-order valence-electron chi connectivity index (χ2n) is 7.68. The molecule has 4 nitrogen and oxygen atoms in total. The minimum absolute atomic E-state index is 0.109. The highest BCUT2D eigenvalue weighted by Crippen LogP contribution is 2.44. The van der Waals surface area contributed by atoms with Gasteiger partial charge >= 0.3 is 0 Å². The van der Waals surface area contributed by atoms with Crippen molar-refractivity contribution in [1.29, 1.82) is 0 Å². The Hall–Kier alpha value is -1.62.